The minimum atomic E-state index is -0.748. The second-order valence-corrected chi connectivity index (χ2v) is 6.02. The average Bonchev–Trinajstić information content (AvgIpc) is 2.67. The normalized spacial score (nSPS) is 12.5. The number of benzene rings is 3. The molecule has 0 saturated heterocycles. The number of anilines is 1. The third-order valence-electron chi connectivity index (χ3n) is 4.36. The first-order valence-electron chi connectivity index (χ1n) is 8.15. The summed E-state index contributed by atoms with van der Waals surface area (Å²) in [5.74, 6) is -0.906. The summed E-state index contributed by atoms with van der Waals surface area (Å²) >= 11 is 0. The number of hydrogen-bond acceptors (Lipinski definition) is 4. The quantitative estimate of drug-likeness (QED) is 0.543. The van der Waals surface area contributed by atoms with Crippen LogP contribution in [0.15, 0.2) is 66.7 Å². The highest BCUT2D eigenvalue weighted by Gasteiger charge is 2.32. The first-order valence-corrected chi connectivity index (χ1v) is 8.15. The van der Waals surface area contributed by atoms with Gasteiger partial charge in [-0.3, -0.25) is 14.9 Å². The van der Waals surface area contributed by atoms with Crippen molar-refractivity contribution in [3.8, 4) is 11.5 Å². The van der Waals surface area contributed by atoms with Crippen molar-refractivity contribution in [2.45, 2.75) is 5.92 Å². The first kappa shape index (κ1) is 16.7. The predicted octanol–water partition coefficient (Wildman–Crippen LogP) is 4.61. The van der Waals surface area contributed by atoms with Crippen LogP contribution >= 0.6 is 0 Å². The van der Waals surface area contributed by atoms with Gasteiger partial charge in [0.05, 0.1) is 16.5 Å². The Morgan fingerprint density at radius 1 is 1.00 bits per heavy atom. The number of amides is 1. The van der Waals surface area contributed by atoms with Gasteiger partial charge in [-0.1, -0.05) is 36.4 Å². The molecular formula is C20H13FN2O4. The van der Waals surface area contributed by atoms with Crippen molar-refractivity contribution in [2.75, 3.05) is 5.32 Å². The zero-order chi connectivity index (χ0) is 19.0. The SMILES string of the molecule is O=C(Nc1cc([N+](=O)[O-])ccc1F)C1c2ccccc2Oc2ccccc21. The summed E-state index contributed by atoms with van der Waals surface area (Å²) in [4.78, 5) is 23.3. The molecule has 0 aliphatic carbocycles. The molecule has 0 atom stereocenters. The minimum Gasteiger partial charge on any atom is -0.457 e. The largest absolute Gasteiger partial charge is 0.457 e. The molecule has 0 bridgehead atoms. The summed E-state index contributed by atoms with van der Waals surface area (Å²) in [5.41, 5.74) is 0.731. The lowest BCUT2D eigenvalue weighted by molar-refractivity contribution is -0.384. The van der Waals surface area contributed by atoms with Crippen molar-refractivity contribution in [3.05, 3.63) is 93.8 Å². The molecule has 27 heavy (non-hydrogen) atoms. The third kappa shape index (κ3) is 2.99. The van der Waals surface area contributed by atoms with Crippen LogP contribution in [-0.2, 0) is 4.79 Å². The lowest BCUT2D eigenvalue weighted by Crippen LogP contribution is -2.25. The van der Waals surface area contributed by atoms with Gasteiger partial charge in [-0.2, -0.15) is 0 Å². The number of carbonyl (C=O) groups excluding carboxylic acids is 1. The lowest BCUT2D eigenvalue weighted by Gasteiger charge is -2.27. The summed E-state index contributed by atoms with van der Waals surface area (Å²) in [6.07, 6.45) is 0. The Labute approximate surface area is 153 Å². The smallest absolute Gasteiger partial charge is 0.271 e. The Bertz CT molecular complexity index is 1020. The maximum atomic E-state index is 14.1. The molecule has 3 aromatic carbocycles. The molecule has 1 amide bonds. The van der Waals surface area contributed by atoms with Crippen molar-refractivity contribution < 1.29 is 18.8 Å². The van der Waals surface area contributed by atoms with Gasteiger partial charge >= 0.3 is 0 Å². The zero-order valence-corrected chi connectivity index (χ0v) is 13.9. The Morgan fingerprint density at radius 3 is 2.19 bits per heavy atom. The van der Waals surface area contributed by atoms with Crippen molar-refractivity contribution >= 4 is 17.3 Å². The number of non-ortho nitro benzene ring substituents is 1. The van der Waals surface area contributed by atoms with Crippen LogP contribution in [-0.4, -0.2) is 10.8 Å². The Kier molecular flexibility index (Phi) is 4.04. The molecule has 1 aliphatic rings. The fourth-order valence-corrected chi connectivity index (χ4v) is 3.12. The van der Waals surface area contributed by atoms with Crippen molar-refractivity contribution in [3.63, 3.8) is 0 Å². The van der Waals surface area contributed by atoms with E-state index in [1.807, 2.05) is 0 Å². The molecule has 0 unspecified atom stereocenters. The van der Waals surface area contributed by atoms with E-state index in [1.54, 1.807) is 48.5 Å². The third-order valence-corrected chi connectivity index (χ3v) is 4.36. The van der Waals surface area contributed by atoms with Gasteiger partial charge in [0.15, 0.2) is 0 Å². The van der Waals surface area contributed by atoms with Crippen LogP contribution < -0.4 is 10.1 Å². The maximum Gasteiger partial charge on any atom is 0.271 e. The van der Waals surface area contributed by atoms with Crippen LogP contribution in [0.25, 0.3) is 0 Å². The number of halogens is 1. The molecule has 4 rings (SSSR count). The van der Waals surface area contributed by atoms with E-state index in [-0.39, 0.29) is 11.4 Å². The molecule has 3 aromatic rings. The van der Waals surface area contributed by atoms with E-state index < -0.39 is 22.6 Å². The molecule has 7 heteroatoms. The van der Waals surface area contributed by atoms with Crippen LogP contribution in [0, 0.1) is 15.9 Å². The molecular weight excluding hydrogens is 351 g/mol. The number of carbonyl (C=O) groups is 1. The molecule has 6 nitrogen and oxygen atoms in total. The fraction of sp³-hybridized carbons (Fsp3) is 0.0500. The second kappa shape index (κ2) is 6.53. The fourth-order valence-electron chi connectivity index (χ4n) is 3.12. The molecule has 0 radical (unpaired) electrons. The summed E-state index contributed by atoms with van der Waals surface area (Å²) in [6.45, 7) is 0. The number of nitro groups is 1. The van der Waals surface area contributed by atoms with Gasteiger partial charge in [0.1, 0.15) is 17.3 Å². The van der Waals surface area contributed by atoms with E-state index in [1.165, 1.54) is 0 Å². The number of para-hydroxylation sites is 2. The van der Waals surface area contributed by atoms with Crippen LogP contribution in [0.4, 0.5) is 15.8 Å². The average molecular weight is 364 g/mol. The van der Waals surface area contributed by atoms with E-state index in [0.717, 1.165) is 18.2 Å². The summed E-state index contributed by atoms with van der Waals surface area (Å²) in [6, 6.07) is 17.2. The van der Waals surface area contributed by atoms with E-state index in [0.29, 0.717) is 22.6 Å². The van der Waals surface area contributed by atoms with E-state index in [4.69, 9.17) is 4.74 Å². The molecule has 1 aliphatic heterocycles. The number of fused-ring (bicyclic) bond motifs is 2. The van der Waals surface area contributed by atoms with Gasteiger partial charge in [0.25, 0.3) is 5.69 Å². The van der Waals surface area contributed by atoms with Gasteiger partial charge in [-0.15, -0.1) is 0 Å². The van der Waals surface area contributed by atoms with Crippen LogP contribution in [0.1, 0.15) is 17.0 Å². The minimum absolute atomic E-state index is 0.240. The monoisotopic (exact) mass is 364 g/mol. The molecule has 1 N–H and O–H groups in total. The van der Waals surface area contributed by atoms with Crippen LogP contribution in [0.5, 0.6) is 11.5 Å². The summed E-state index contributed by atoms with van der Waals surface area (Å²) in [7, 11) is 0. The van der Waals surface area contributed by atoms with Crippen LogP contribution in [0.3, 0.4) is 0 Å². The molecule has 134 valence electrons. The Hall–Kier alpha value is -3.74. The number of ether oxygens (including phenoxy) is 1. The summed E-state index contributed by atoms with van der Waals surface area (Å²) < 4.78 is 19.9. The molecule has 0 spiro atoms. The van der Waals surface area contributed by atoms with Gasteiger partial charge in [0.2, 0.25) is 5.91 Å². The van der Waals surface area contributed by atoms with Crippen molar-refractivity contribution in [1.82, 2.24) is 0 Å². The highest BCUT2D eigenvalue weighted by Crippen LogP contribution is 2.44. The van der Waals surface area contributed by atoms with Gasteiger partial charge < -0.3 is 10.1 Å². The van der Waals surface area contributed by atoms with E-state index in [9.17, 15) is 19.3 Å². The highest BCUT2D eigenvalue weighted by molar-refractivity contribution is 5.99. The lowest BCUT2D eigenvalue weighted by atomic mass is 9.87. The molecule has 1 heterocycles. The first-order chi connectivity index (χ1) is 13.0. The number of nitrogens with one attached hydrogen (secondary N) is 1. The van der Waals surface area contributed by atoms with E-state index in [2.05, 4.69) is 5.32 Å². The highest BCUT2D eigenvalue weighted by atomic mass is 19.1. The number of rotatable bonds is 3. The number of nitrogens with zero attached hydrogens (tertiary/aromatic N) is 1. The Balaban J connectivity index is 1.75. The summed E-state index contributed by atoms with van der Waals surface area (Å²) in [5, 5.41) is 13.4. The topological polar surface area (TPSA) is 81.5 Å². The van der Waals surface area contributed by atoms with Gasteiger partial charge in [-0.25, -0.2) is 4.39 Å². The number of nitro benzene ring substituents is 1. The van der Waals surface area contributed by atoms with Crippen molar-refractivity contribution in [2.24, 2.45) is 0 Å². The van der Waals surface area contributed by atoms with Gasteiger partial charge in [-0.05, 0) is 18.2 Å². The zero-order valence-electron chi connectivity index (χ0n) is 13.9. The van der Waals surface area contributed by atoms with Gasteiger partial charge in [0, 0.05) is 23.3 Å². The van der Waals surface area contributed by atoms with Crippen molar-refractivity contribution in [1.29, 1.82) is 0 Å². The second-order valence-electron chi connectivity index (χ2n) is 6.02. The van der Waals surface area contributed by atoms with Crippen LogP contribution in [0.2, 0.25) is 0 Å². The van der Waals surface area contributed by atoms with E-state index >= 15 is 0 Å². The standard InChI is InChI=1S/C20H13FN2O4/c21-15-10-9-12(23(25)26)11-16(15)22-20(24)19-13-5-1-3-7-17(13)27-18-8-4-2-6-14(18)19/h1-11,19H,(H,22,24). The number of hydrogen-bond donors (Lipinski definition) is 1. The Morgan fingerprint density at radius 2 is 1.59 bits per heavy atom. The molecule has 0 saturated carbocycles. The maximum absolute atomic E-state index is 14.1. The predicted molar refractivity (Wildman–Crippen MR) is 96.5 cm³/mol. The molecule has 0 aromatic heterocycles. The molecule has 0 fully saturated rings.